The van der Waals surface area contributed by atoms with Crippen LogP contribution in [0.5, 0.6) is 0 Å². The molecule has 2 atom stereocenters. The lowest BCUT2D eigenvalue weighted by Gasteiger charge is -2.37. The summed E-state index contributed by atoms with van der Waals surface area (Å²) >= 11 is 0. The smallest absolute Gasteiger partial charge is 0.177 e. The van der Waals surface area contributed by atoms with Crippen LogP contribution in [0.1, 0.15) is 75.4 Å². The largest absolute Gasteiger partial charge is 0.290 e. The molecule has 1 aromatic heterocycles. The molecule has 0 bridgehead atoms. The highest BCUT2D eigenvalue weighted by molar-refractivity contribution is 5.47. The van der Waals surface area contributed by atoms with Crippen LogP contribution in [0.4, 0.5) is 0 Å². The number of aromatic nitrogens is 4. The topological polar surface area (TPSA) is 46.8 Å². The first-order valence-corrected chi connectivity index (χ1v) is 11.3. The van der Waals surface area contributed by atoms with Crippen molar-refractivity contribution in [3.63, 3.8) is 0 Å². The molecule has 0 amide bonds. The Hall–Kier alpha value is -2.01. The number of rotatable bonds is 5. The summed E-state index contributed by atoms with van der Waals surface area (Å²) in [6, 6.07) is 6.60. The van der Waals surface area contributed by atoms with Crippen molar-refractivity contribution >= 4 is 0 Å². The molecule has 1 fully saturated rings. The highest BCUT2D eigenvalue weighted by Crippen LogP contribution is 2.39. The van der Waals surface area contributed by atoms with Crippen molar-refractivity contribution in [1.82, 2.24) is 25.1 Å². The molecule has 5 nitrogen and oxygen atoms in total. The molecule has 0 spiro atoms. The second-order valence-electron chi connectivity index (χ2n) is 9.25. The number of hydrogen-bond acceptors (Lipinski definition) is 4. The monoisotopic (exact) mass is 393 g/mol. The summed E-state index contributed by atoms with van der Waals surface area (Å²) in [5, 5.41) is 13.2. The van der Waals surface area contributed by atoms with E-state index in [4.69, 9.17) is 0 Å². The van der Waals surface area contributed by atoms with Gasteiger partial charge in [-0.25, -0.2) is 0 Å². The van der Waals surface area contributed by atoms with E-state index >= 15 is 0 Å². The number of hydrogen-bond donors (Lipinski definition) is 0. The van der Waals surface area contributed by atoms with Gasteiger partial charge >= 0.3 is 0 Å². The van der Waals surface area contributed by atoms with Crippen molar-refractivity contribution < 1.29 is 0 Å². The van der Waals surface area contributed by atoms with Crippen LogP contribution in [-0.4, -0.2) is 38.2 Å². The molecule has 2 aromatic rings. The minimum atomic E-state index is 0.192. The maximum absolute atomic E-state index is 4.60. The van der Waals surface area contributed by atoms with Gasteiger partial charge in [0.2, 0.25) is 0 Å². The van der Waals surface area contributed by atoms with Crippen molar-refractivity contribution in [2.24, 2.45) is 11.8 Å². The van der Waals surface area contributed by atoms with Gasteiger partial charge in [0.25, 0.3) is 0 Å². The third-order valence-electron chi connectivity index (χ3n) is 6.93. The van der Waals surface area contributed by atoms with Crippen molar-refractivity contribution in [3.8, 4) is 5.69 Å². The van der Waals surface area contributed by atoms with Crippen LogP contribution >= 0.6 is 0 Å². The Balaban J connectivity index is 1.75. The summed E-state index contributed by atoms with van der Waals surface area (Å²) in [7, 11) is 0. The van der Waals surface area contributed by atoms with E-state index in [1.54, 1.807) is 0 Å². The van der Waals surface area contributed by atoms with Crippen molar-refractivity contribution in [3.05, 3.63) is 46.8 Å². The fourth-order valence-electron chi connectivity index (χ4n) is 5.13. The van der Waals surface area contributed by atoms with Gasteiger partial charge in [-0.15, -0.1) is 5.10 Å². The van der Waals surface area contributed by atoms with Crippen LogP contribution in [0.3, 0.4) is 0 Å². The maximum Gasteiger partial charge on any atom is 0.177 e. The zero-order chi connectivity index (χ0) is 20.4. The van der Waals surface area contributed by atoms with E-state index in [0.29, 0.717) is 0 Å². The predicted octanol–water partition coefficient (Wildman–Crippen LogP) is 5.19. The van der Waals surface area contributed by atoms with E-state index in [-0.39, 0.29) is 6.04 Å². The summed E-state index contributed by atoms with van der Waals surface area (Å²) in [5.41, 5.74) is 5.08. The number of piperidine rings is 1. The van der Waals surface area contributed by atoms with Gasteiger partial charge in [-0.2, -0.15) is 4.68 Å². The Morgan fingerprint density at radius 3 is 2.38 bits per heavy atom. The predicted molar refractivity (Wildman–Crippen MR) is 117 cm³/mol. The fraction of sp³-hybridized carbons (Fsp3) is 0.625. The molecule has 0 N–H and O–H groups in total. The quantitative estimate of drug-likeness (QED) is 0.656. The van der Waals surface area contributed by atoms with E-state index in [2.05, 4.69) is 72.4 Å². The minimum absolute atomic E-state index is 0.192. The average Bonchev–Trinajstić information content (AvgIpc) is 3.18. The van der Waals surface area contributed by atoms with Gasteiger partial charge in [-0.05, 0) is 98.0 Å². The molecule has 5 heteroatoms. The van der Waals surface area contributed by atoms with Gasteiger partial charge in [0.1, 0.15) is 0 Å². The van der Waals surface area contributed by atoms with E-state index in [1.165, 1.54) is 48.8 Å². The highest BCUT2D eigenvalue weighted by atomic mass is 15.6. The maximum atomic E-state index is 4.60. The lowest BCUT2D eigenvalue weighted by Crippen LogP contribution is -2.37. The molecule has 1 aliphatic carbocycles. The van der Waals surface area contributed by atoms with E-state index in [9.17, 15) is 0 Å². The summed E-state index contributed by atoms with van der Waals surface area (Å²) in [6.07, 6.45) is 9.99. The highest BCUT2D eigenvalue weighted by Gasteiger charge is 2.33. The van der Waals surface area contributed by atoms with Crippen molar-refractivity contribution in [1.29, 1.82) is 0 Å². The van der Waals surface area contributed by atoms with Crippen LogP contribution in [0.15, 0.2) is 29.8 Å². The number of likely N-dealkylation sites (tertiary alicyclic amines) is 1. The standard InChI is InChI=1S/C24H35N5/c1-17(2)20-11-13-21(14-12-20)23(28-15-6-5-7-16-28)24-25-26-27-29(24)22-18(3)9-8-10-19(22)4/h8-10,13,17,20,23H,5-7,11-12,14-16H2,1-4H3. The molecule has 29 heavy (non-hydrogen) atoms. The number of benzene rings is 1. The number of aryl methyl sites for hydroxylation is 2. The molecule has 1 aromatic carbocycles. The Labute approximate surface area is 175 Å². The normalized spacial score (nSPS) is 22.0. The molecule has 2 heterocycles. The molecular formula is C24H35N5. The van der Waals surface area contributed by atoms with Gasteiger partial charge in [-0.3, -0.25) is 4.90 Å². The lowest BCUT2D eigenvalue weighted by atomic mass is 9.80. The molecule has 0 radical (unpaired) electrons. The first-order chi connectivity index (χ1) is 14.1. The molecule has 4 rings (SSSR count). The van der Waals surface area contributed by atoms with Gasteiger partial charge < -0.3 is 0 Å². The van der Waals surface area contributed by atoms with E-state index in [1.807, 2.05) is 4.68 Å². The van der Waals surface area contributed by atoms with E-state index < -0.39 is 0 Å². The summed E-state index contributed by atoms with van der Waals surface area (Å²) in [4.78, 5) is 2.63. The summed E-state index contributed by atoms with van der Waals surface area (Å²) in [6.45, 7) is 11.3. The number of para-hydroxylation sites is 1. The molecule has 1 saturated heterocycles. The van der Waals surface area contributed by atoms with Crippen LogP contribution in [0.25, 0.3) is 5.69 Å². The minimum Gasteiger partial charge on any atom is -0.290 e. The fourth-order valence-corrected chi connectivity index (χ4v) is 5.13. The first kappa shape index (κ1) is 20.3. The number of allylic oxidation sites excluding steroid dienone is 1. The second kappa shape index (κ2) is 8.78. The molecule has 2 aliphatic rings. The van der Waals surface area contributed by atoms with Gasteiger partial charge in [-0.1, -0.05) is 44.5 Å². The zero-order valence-corrected chi connectivity index (χ0v) is 18.4. The lowest BCUT2D eigenvalue weighted by molar-refractivity contribution is 0.170. The summed E-state index contributed by atoms with van der Waals surface area (Å²) in [5.74, 6) is 2.54. The van der Waals surface area contributed by atoms with Crippen molar-refractivity contribution in [2.75, 3.05) is 13.1 Å². The first-order valence-electron chi connectivity index (χ1n) is 11.3. The van der Waals surface area contributed by atoms with Crippen LogP contribution in [0.2, 0.25) is 0 Å². The molecule has 156 valence electrons. The number of nitrogens with zero attached hydrogens (tertiary/aromatic N) is 5. The van der Waals surface area contributed by atoms with E-state index in [0.717, 1.165) is 42.9 Å². The van der Waals surface area contributed by atoms with Crippen LogP contribution in [0, 0.1) is 25.7 Å². The Bertz CT molecular complexity index is 840. The SMILES string of the molecule is Cc1cccc(C)c1-n1nnnc1C(C1=CCC(C(C)C)CC1)N1CCCCC1. The Morgan fingerprint density at radius 1 is 1.03 bits per heavy atom. The van der Waals surface area contributed by atoms with Crippen molar-refractivity contribution in [2.45, 2.75) is 72.3 Å². The molecule has 0 saturated carbocycles. The third-order valence-corrected chi connectivity index (χ3v) is 6.93. The third kappa shape index (κ3) is 4.16. The zero-order valence-electron chi connectivity index (χ0n) is 18.4. The van der Waals surface area contributed by atoms with Crippen LogP contribution < -0.4 is 0 Å². The second-order valence-corrected chi connectivity index (χ2v) is 9.25. The van der Waals surface area contributed by atoms with Gasteiger partial charge in [0.05, 0.1) is 11.7 Å². The molecule has 1 aliphatic heterocycles. The summed E-state index contributed by atoms with van der Waals surface area (Å²) < 4.78 is 2.01. The Morgan fingerprint density at radius 2 is 1.76 bits per heavy atom. The van der Waals surface area contributed by atoms with Crippen LogP contribution in [-0.2, 0) is 0 Å². The van der Waals surface area contributed by atoms with Gasteiger partial charge in [0.15, 0.2) is 5.82 Å². The molecule has 2 unspecified atom stereocenters. The van der Waals surface area contributed by atoms with Gasteiger partial charge in [0, 0.05) is 0 Å². The Kier molecular flexibility index (Phi) is 6.14. The number of tetrazole rings is 1. The average molecular weight is 394 g/mol. The molecular weight excluding hydrogens is 358 g/mol.